The number of hydroxylamine groups is 2. The van der Waals surface area contributed by atoms with Gasteiger partial charge < -0.3 is 0 Å². The van der Waals surface area contributed by atoms with Crippen molar-refractivity contribution in [1.29, 1.82) is 0 Å². The van der Waals surface area contributed by atoms with E-state index in [-0.39, 0.29) is 40.9 Å². The molecule has 128 valence electrons. The summed E-state index contributed by atoms with van der Waals surface area (Å²) in [7, 11) is 0. The highest BCUT2D eigenvalue weighted by Gasteiger charge is 2.45. The van der Waals surface area contributed by atoms with Crippen LogP contribution < -0.4 is 0 Å². The molecule has 1 aliphatic carbocycles. The highest BCUT2D eigenvalue weighted by atomic mass is 16.5. The third kappa shape index (κ3) is 2.89. The van der Waals surface area contributed by atoms with E-state index in [1.54, 1.807) is 0 Å². The van der Waals surface area contributed by atoms with E-state index >= 15 is 0 Å². The molecule has 2 aliphatic heterocycles. The van der Waals surface area contributed by atoms with Crippen molar-refractivity contribution in [3.05, 3.63) is 12.2 Å². The van der Waals surface area contributed by atoms with E-state index in [1.165, 1.54) is 17.1 Å². The zero-order valence-corrected chi connectivity index (χ0v) is 13.0. The van der Waals surface area contributed by atoms with Crippen LogP contribution in [0.15, 0.2) is 12.2 Å². The summed E-state index contributed by atoms with van der Waals surface area (Å²) in [5.74, 6) is -3.76. The average molecular weight is 334 g/mol. The van der Waals surface area contributed by atoms with Crippen LogP contribution in [0.25, 0.3) is 0 Å². The van der Waals surface area contributed by atoms with Crippen molar-refractivity contribution in [2.75, 3.05) is 6.54 Å². The molecule has 4 amide bonds. The summed E-state index contributed by atoms with van der Waals surface area (Å²) in [5, 5.41) is 9.28. The second-order valence-corrected chi connectivity index (χ2v) is 6.54. The third-order valence-corrected chi connectivity index (χ3v) is 5.06. The summed E-state index contributed by atoms with van der Waals surface area (Å²) < 4.78 is 0. The van der Waals surface area contributed by atoms with Gasteiger partial charge in [-0.25, -0.2) is 0 Å². The minimum Gasteiger partial charge on any atom is -0.298 e. The number of nitrogens with zero attached hydrogens (tertiary/aromatic N) is 2. The lowest BCUT2D eigenvalue weighted by molar-refractivity contribution is -0.172. The lowest BCUT2D eigenvalue weighted by atomic mass is 9.76. The Labute approximate surface area is 138 Å². The van der Waals surface area contributed by atoms with Gasteiger partial charge in [-0.05, 0) is 31.6 Å². The Kier molecular flexibility index (Phi) is 4.31. The van der Waals surface area contributed by atoms with Crippen molar-refractivity contribution < 1.29 is 29.2 Å². The molecule has 0 radical (unpaired) electrons. The van der Waals surface area contributed by atoms with Gasteiger partial charge in [0.1, 0.15) is 11.7 Å². The van der Waals surface area contributed by atoms with E-state index in [9.17, 15) is 29.2 Å². The van der Waals surface area contributed by atoms with Crippen LogP contribution in [0, 0.1) is 17.8 Å². The number of Topliss-reactive ketones (excluding diaryl/α,β-unsaturated/α-hetero) is 1. The van der Waals surface area contributed by atoms with E-state index < -0.39 is 17.7 Å². The van der Waals surface area contributed by atoms with E-state index in [0.717, 1.165) is 0 Å². The molecule has 1 N–H and O–H groups in total. The molecule has 3 aliphatic rings. The predicted octanol–water partition coefficient (Wildman–Crippen LogP) is 0.0512. The monoisotopic (exact) mass is 334 g/mol. The second kappa shape index (κ2) is 6.27. The van der Waals surface area contributed by atoms with Gasteiger partial charge in [0.25, 0.3) is 23.6 Å². The lowest BCUT2D eigenvalue weighted by Crippen LogP contribution is -2.38. The minimum absolute atomic E-state index is 0.0335. The first-order valence-electron chi connectivity index (χ1n) is 8.01. The molecule has 8 heteroatoms. The van der Waals surface area contributed by atoms with Crippen LogP contribution in [-0.2, 0) is 24.0 Å². The average Bonchev–Trinajstić information content (AvgIpc) is 3.02. The molecule has 1 saturated heterocycles. The number of hydrogen-bond donors (Lipinski definition) is 1. The fourth-order valence-electron chi connectivity index (χ4n) is 3.62. The summed E-state index contributed by atoms with van der Waals surface area (Å²) in [5.41, 5.74) is 0. The lowest BCUT2D eigenvalue weighted by Gasteiger charge is -2.30. The van der Waals surface area contributed by atoms with Crippen LogP contribution >= 0.6 is 0 Å². The van der Waals surface area contributed by atoms with Crippen LogP contribution in [0.3, 0.4) is 0 Å². The topological polar surface area (TPSA) is 112 Å². The first-order valence-corrected chi connectivity index (χ1v) is 8.01. The molecule has 1 unspecified atom stereocenters. The largest absolute Gasteiger partial charge is 0.298 e. The number of amides is 4. The van der Waals surface area contributed by atoms with E-state index in [0.29, 0.717) is 32.2 Å². The van der Waals surface area contributed by atoms with Crippen LogP contribution in [0.1, 0.15) is 32.1 Å². The molecule has 1 atom stereocenters. The number of ketones is 1. The first-order chi connectivity index (χ1) is 11.4. The smallest absolute Gasteiger partial charge is 0.264 e. The first kappa shape index (κ1) is 16.5. The number of carbonyl (C=O) groups is 5. The summed E-state index contributed by atoms with van der Waals surface area (Å²) in [6, 6.07) is 0. The number of rotatable bonds is 4. The minimum atomic E-state index is -1.07. The Bertz CT molecular complexity index is 629. The van der Waals surface area contributed by atoms with E-state index in [4.69, 9.17) is 0 Å². The van der Waals surface area contributed by atoms with Gasteiger partial charge in [0.15, 0.2) is 0 Å². The van der Waals surface area contributed by atoms with Gasteiger partial charge in [-0.3, -0.25) is 34.1 Å². The van der Waals surface area contributed by atoms with Crippen molar-refractivity contribution in [3.8, 4) is 0 Å². The van der Waals surface area contributed by atoms with Crippen LogP contribution in [-0.4, -0.2) is 51.1 Å². The fraction of sp³-hybridized carbons (Fsp3) is 0.562. The quantitative estimate of drug-likeness (QED) is 0.442. The van der Waals surface area contributed by atoms with Gasteiger partial charge in [0, 0.05) is 31.0 Å². The maximum atomic E-state index is 12.4. The molecular weight excluding hydrogens is 316 g/mol. The van der Waals surface area contributed by atoms with Crippen LogP contribution in [0.4, 0.5) is 0 Å². The van der Waals surface area contributed by atoms with Crippen LogP contribution in [0.5, 0.6) is 0 Å². The number of carbonyl (C=O) groups excluding carboxylic acids is 5. The van der Waals surface area contributed by atoms with Crippen molar-refractivity contribution in [2.24, 2.45) is 17.8 Å². The highest BCUT2D eigenvalue weighted by molar-refractivity contribution is 6.14. The second-order valence-electron chi connectivity index (χ2n) is 6.54. The van der Waals surface area contributed by atoms with Gasteiger partial charge in [-0.15, -0.1) is 0 Å². The molecular formula is C16H18N2O6. The Morgan fingerprint density at radius 1 is 1.04 bits per heavy atom. The number of hydrogen-bond acceptors (Lipinski definition) is 6. The van der Waals surface area contributed by atoms with Crippen molar-refractivity contribution in [3.63, 3.8) is 0 Å². The summed E-state index contributed by atoms with van der Waals surface area (Å²) in [6.45, 7) is 0.344. The zero-order valence-electron chi connectivity index (χ0n) is 13.0. The van der Waals surface area contributed by atoms with Gasteiger partial charge in [0.2, 0.25) is 0 Å². The molecule has 0 aromatic carbocycles. The molecule has 0 aromatic rings. The molecule has 2 fully saturated rings. The molecule has 0 spiro atoms. The normalized spacial score (nSPS) is 30.6. The fourth-order valence-corrected chi connectivity index (χ4v) is 3.62. The maximum Gasteiger partial charge on any atom is 0.264 e. The zero-order chi connectivity index (χ0) is 17.4. The molecule has 24 heavy (non-hydrogen) atoms. The summed E-state index contributed by atoms with van der Waals surface area (Å²) in [4.78, 5) is 59.8. The third-order valence-electron chi connectivity index (χ3n) is 5.06. The summed E-state index contributed by atoms with van der Waals surface area (Å²) >= 11 is 0. The molecule has 2 heterocycles. The van der Waals surface area contributed by atoms with Gasteiger partial charge >= 0.3 is 0 Å². The van der Waals surface area contributed by atoms with Gasteiger partial charge in [0.05, 0.1) is 0 Å². The highest BCUT2D eigenvalue weighted by Crippen LogP contribution is 2.34. The van der Waals surface area contributed by atoms with Gasteiger partial charge in [-0.2, -0.15) is 5.06 Å². The maximum absolute atomic E-state index is 12.4. The van der Waals surface area contributed by atoms with Crippen molar-refractivity contribution in [1.82, 2.24) is 9.96 Å². The number of imide groups is 2. The predicted molar refractivity (Wildman–Crippen MR) is 78.1 cm³/mol. The van der Waals surface area contributed by atoms with Crippen LogP contribution in [0.2, 0.25) is 0 Å². The molecule has 0 bridgehead atoms. The van der Waals surface area contributed by atoms with Crippen molar-refractivity contribution >= 4 is 29.4 Å². The Morgan fingerprint density at radius 3 is 2.12 bits per heavy atom. The van der Waals surface area contributed by atoms with Gasteiger partial charge in [-0.1, -0.05) is 0 Å². The molecule has 0 aromatic heterocycles. The standard InChI is InChI=1S/C16H18N2O6/c19-12-5-6-13(20)17(12)8-9-1-3-10(4-2-9)15(22)11-7-14(21)18(24)16(11)23/h5-6,9-11,24H,1-4,7-8H2. The molecule has 8 nitrogen and oxygen atoms in total. The SMILES string of the molecule is O=C(C1CCC(CN2C(=O)C=CC2=O)CC1)C1CC(=O)N(O)C1=O. The summed E-state index contributed by atoms with van der Waals surface area (Å²) in [6.07, 6.45) is 4.68. The Hall–Kier alpha value is -2.35. The Morgan fingerprint density at radius 2 is 1.62 bits per heavy atom. The van der Waals surface area contributed by atoms with Crippen molar-refractivity contribution in [2.45, 2.75) is 32.1 Å². The Balaban J connectivity index is 1.53. The van der Waals surface area contributed by atoms with E-state index in [1.807, 2.05) is 0 Å². The molecule has 3 rings (SSSR count). The van der Waals surface area contributed by atoms with E-state index in [2.05, 4.69) is 0 Å². The molecule has 1 saturated carbocycles.